The molecular formula is C18H26N6O. The Kier molecular flexibility index (Phi) is 4.31. The van der Waals surface area contributed by atoms with Crippen molar-refractivity contribution in [1.29, 1.82) is 0 Å². The molecule has 134 valence electrons. The number of aromatic nitrogens is 5. The molecule has 0 bridgehead atoms. The number of hydrogen-bond donors (Lipinski definition) is 1. The first kappa shape index (κ1) is 16.3. The zero-order valence-corrected chi connectivity index (χ0v) is 15.0. The van der Waals surface area contributed by atoms with Crippen molar-refractivity contribution in [3.8, 4) is 0 Å². The fourth-order valence-electron chi connectivity index (χ4n) is 4.23. The van der Waals surface area contributed by atoms with Crippen molar-refractivity contribution in [2.75, 3.05) is 5.32 Å². The van der Waals surface area contributed by atoms with Crippen molar-refractivity contribution in [3.63, 3.8) is 0 Å². The van der Waals surface area contributed by atoms with E-state index in [-0.39, 0.29) is 11.8 Å². The fraction of sp³-hybridized carbons (Fsp3) is 0.667. The van der Waals surface area contributed by atoms with Crippen LogP contribution in [-0.2, 0) is 24.8 Å². The molecule has 1 fully saturated rings. The number of amides is 1. The van der Waals surface area contributed by atoms with Gasteiger partial charge in [0.15, 0.2) is 0 Å². The summed E-state index contributed by atoms with van der Waals surface area (Å²) in [6, 6.07) is 0. The number of anilines is 1. The summed E-state index contributed by atoms with van der Waals surface area (Å²) >= 11 is 0. The lowest BCUT2D eigenvalue weighted by Crippen LogP contribution is -2.31. The van der Waals surface area contributed by atoms with Crippen LogP contribution in [0.2, 0.25) is 0 Å². The van der Waals surface area contributed by atoms with Crippen molar-refractivity contribution in [2.24, 2.45) is 13.0 Å². The van der Waals surface area contributed by atoms with Gasteiger partial charge in [-0.25, -0.2) is 9.67 Å². The van der Waals surface area contributed by atoms with Gasteiger partial charge < -0.3 is 4.57 Å². The molecule has 2 aliphatic rings. The molecule has 1 aliphatic carbocycles. The third-order valence-corrected chi connectivity index (χ3v) is 5.57. The first-order valence-corrected chi connectivity index (χ1v) is 9.34. The van der Waals surface area contributed by atoms with Gasteiger partial charge in [0.1, 0.15) is 11.6 Å². The third-order valence-electron chi connectivity index (χ3n) is 5.57. The number of carbonyl (C=O) groups is 1. The third kappa shape index (κ3) is 3.19. The molecule has 1 aliphatic heterocycles. The predicted octanol–water partition coefficient (Wildman–Crippen LogP) is 2.57. The summed E-state index contributed by atoms with van der Waals surface area (Å²) in [6.07, 6.45) is 10.1. The maximum Gasteiger partial charge on any atom is 0.230 e. The van der Waals surface area contributed by atoms with E-state index in [1.54, 1.807) is 11.7 Å². The normalized spacial score (nSPS) is 21.1. The Labute approximate surface area is 147 Å². The van der Waals surface area contributed by atoms with Gasteiger partial charge in [0.25, 0.3) is 0 Å². The topological polar surface area (TPSA) is 77.6 Å². The molecule has 3 heterocycles. The Morgan fingerprint density at radius 1 is 1.24 bits per heavy atom. The minimum atomic E-state index is -0.0274. The second-order valence-electron chi connectivity index (χ2n) is 7.38. The molecule has 0 spiro atoms. The SMILES string of the molecule is Cc1nc(NC(=O)[C@@H]2CCn3c(cnc3C3CCCCC3)C2)n(C)n1. The number of aryl methyl sites for hydroxylation is 2. The monoisotopic (exact) mass is 342 g/mol. The summed E-state index contributed by atoms with van der Waals surface area (Å²) in [5, 5.41) is 7.10. The summed E-state index contributed by atoms with van der Waals surface area (Å²) in [7, 11) is 1.79. The van der Waals surface area contributed by atoms with E-state index in [1.807, 2.05) is 13.1 Å². The highest BCUT2D eigenvalue weighted by Crippen LogP contribution is 2.34. The van der Waals surface area contributed by atoms with E-state index >= 15 is 0 Å². The summed E-state index contributed by atoms with van der Waals surface area (Å²) in [6.45, 7) is 2.71. The summed E-state index contributed by atoms with van der Waals surface area (Å²) < 4.78 is 3.98. The van der Waals surface area contributed by atoms with Gasteiger partial charge in [-0.15, -0.1) is 0 Å². The lowest BCUT2D eigenvalue weighted by molar-refractivity contribution is -0.120. The number of rotatable bonds is 3. The van der Waals surface area contributed by atoms with Gasteiger partial charge in [-0.3, -0.25) is 10.1 Å². The highest BCUT2D eigenvalue weighted by atomic mass is 16.2. The molecule has 7 nitrogen and oxygen atoms in total. The molecule has 0 radical (unpaired) electrons. The maximum absolute atomic E-state index is 12.6. The first-order chi connectivity index (χ1) is 12.1. The molecule has 0 aromatic carbocycles. The zero-order valence-electron chi connectivity index (χ0n) is 15.0. The molecule has 25 heavy (non-hydrogen) atoms. The van der Waals surface area contributed by atoms with Crippen LogP contribution in [0.1, 0.15) is 61.8 Å². The van der Waals surface area contributed by atoms with Gasteiger partial charge in [-0.1, -0.05) is 19.3 Å². The van der Waals surface area contributed by atoms with Crippen LogP contribution < -0.4 is 5.32 Å². The van der Waals surface area contributed by atoms with Gasteiger partial charge in [0, 0.05) is 43.7 Å². The maximum atomic E-state index is 12.6. The molecule has 7 heteroatoms. The van der Waals surface area contributed by atoms with Gasteiger partial charge >= 0.3 is 0 Å². The standard InChI is InChI=1S/C18H26N6O/c1-12-20-18(23(2)22-12)21-17(25)14-8-9-24-15(10-14)11-19-16(24)13-6-4-3-5-7-13/h11,13-14H,3-10H2,1-2H3,(H,20,21,22,25)/t14-/m1/s1. The molecule has 0 unspecified atom stereocenters. The van der Waals surface area contributed by atoms with E-state index in [1.165, 1.54) is 43.6 Å². The molecule has 1 N–H and O–H groups in total. The Hall–Kier alpha value is -2.18. The Morgan fingerprint density at radius 2 is 2.04 bits per heavy atom. The summed E-state index contributed by atoms with van der Waals surface area (Å²) in [4.78, 5) is 21.6. The first-order valence-electron chi connectivity index (χ1n) is 9.34. The van der Waals surface area contributed by atoms with Crippen molar-refractivity contribution >= 4 is 11.9 Å². The molecular weight excluding hydrogens is 316 g/mol. The van der Waals surface area contributed by atoms with Crippen LogP contribution in [-0.4, -0.2) is 30.2 Å². The smallest absolute Gasteiger partial charge is 0.230 e. The summed E-state index contributed by atoms with van der Waals surface area (Å²) in [5.74, 6) is 3.04. The van der Waals surface area contributed by atoms with E-state index in [0.29, 0.717) is 17.7 Å². The van der Waals surface area contributed by atoms with Crippen LogP contribution in [0, 0.1) is 12.8 Å². The van der Waals surface area contributed by atoms with Crippen molar-refractivity contribution < 1.29 is 4.79 Å². The van der Waals surface area contributed by atoms with E-state index in [4.69, 9.17) is 4.98 Å². The zero-order chi connectivity index (χ0) is 17.4. The second-order valence-corrected chi connectivity index (χ2v) is 7.38. The minimum Gasteiger partial charge on any atom is -0.332 e. The number of hydrogen-bond acceptors (Lipinski definition) is 4. The molecule has 0 saturated heterocycles. The average molecular weight is 342 g/mol. The average Bonchev–Trinajstić information content (AvgIpc) is 3.18. The number of fused-ring (bicyclic) bond motifs is 1. The number of carbonyl (C=O) groups excluding carboxylic acids is 1. The van der Waals surface area contributed by atoms with Gasteiger partial charge in [-0.05, 0) is 26.2 Å². The lowest BCUT2D eigenvalue weighted by Gasteiger charge is -2.27. The summed E-state index contributed by atoms with van der Waals surface area (Å²) in [5.41, 5.74) is 1.20. The molecule has 1 atom stereocenters. The number of nitrogens with one attached hydrogen (secondary N) is 1. The molecule has 1 amide bonds. The Bertz CT molecular complexity index is 771. The van der Waals surface area contributed by atoms with Crippen molar-refractivity contribution in [1.82, 2.24) is 24.3 Å². The highest BCUT2D eigenvalue weighted by molar-refractivity contribution is 5.91. The minimum absolute atomic E-state index is 0.0274. The van der Waals surface area contributed by atoms with Crippen LogP contribution in [0.25, 0.3) is 0 Å². The molecule has 2 aromatic rings. The van der Waals surface area contributed by atoms with Crippen LogP contribution in [0.3, 0.4) is 0 Å². The Balaban J connectivity index is 1.45. The molecule has 2 aromatic heterocycles. The van der Waals surface area contributed by atoms with Crippen molar-refractivity contribution in [2.45, 2.75) is 64.3 Å². The van der Waals surface area contributed by atoms with E-state index in [0.717, 1.165) is 19.4 Å². The van der Waals surface area contributed by atoms with Gasteiger partial charge in [0.05, 0.1) is 0 Å². The number of nitrogens with zero attached hydrogens (tertiary/aromatic N) is 5. The van der Waals surface area contributed by atoms with E-state index in [2.05, 4.69) is 20.0 Å². The number of imidazole rings is 1. The predicted molar refractivity (Wildman–Crippen MR) is 94.2 cm³/mol. The fourth-order valence-corrected chi connectivity index (χ4v) is 4.23. The largest absolute Gasteiger partial charge is 0.332 e. The van der Waals surface area contributed by atoms with Gasteiger partial charge in [-0.2, -0.15) is 10.1 Å². The van der Waals surface area contributed by atoms with E-state index in [9.17, 15) is 4.79 Å². The highest BCUT2D eigenvalue weighted by Gasteiger charge is 2.29. The molecule has 4 rings (SSSR count). The van der Waals surface area contributed by atoms with Crippen LogP contribution in [0.4, 0.5) is 5.95 Å². The van der Waals surface area contributed by atoms with Crippen LogP contribution in [0.15, 0.2) is 6.20 Å². The van der Waals surface area contributed by atoms with Gasteiger partial charge in [0.2, 0.25) is 11.9 Å². The second kappa shape index (κ2) is 6.61. The Morgan fingerprint density at radius 3 is 2.76 bits per heavy atom. The van der Waals surface area contributed by atoms with E-state index < -0.39 is 0 Å². The quantitative estimate of drug-likeness (QED) is 0.930. The van der Waals surface area contributed by atoms with Crippen molar-refractivity contribution in [3.05, 3.63) is 23.5 Å². The van der Waals surface area contributed by atoms with Crippen LogP contribution in [0.5, 0.6) is 0 Å². The molecule has 1 saturated carbocycles. The lowest BCUT2D eigenvalue weighted by atomic mass is 9.88. The van der Waals surface area contributed by atoms with Crippen LogP contribution >= 0.6 is 0 Å².